The van der Waals surface area contributed by atoms with Gasteiger partial charge in [0.15, 0.2) is 0 Å². The van der Waals surface area contributed by atoms with E-state index in [0.717, 1.165) is 25.2 Å². The molecule has 0 radical (unpaired) electrons. The first-order valence-electron chi connectivity index (χ1n) is 8.90. The lowest BCUT2D eigenvalue weighted by Gasteiger charge is -2.46. The van der Waals surface area contributed by atoms with Gasteiger partial charge >= 0.3 is 11.9 Å². The number of ether oxygens (including phenoxy) is 2. The maximum atomic E-state index is 12.0. The van der Waals surface area contributed by atoms with E-state index in [4.69, 9.17) is 9.47 Å². The van der Waals surface area contributed by atoms with E-state index in [0.29, 0.717) is 32.0 Å². The first kappa shape index (κ1) is 17.3. The van der Waals surface area contributed by atoms with Crippen LogP contribution < -0.4 is 0 Å². The highest BCUT2D eigenvalue weighted by Crippen LogP contribution is 2.51. The smallest absolute Gasteiger partial charge is 0.306 e. The fourth-order valence-corrected chi connectivity index (χ4v) is 4.50. The molecule has 0 N–H and O–H groups in total. The second-order valence-corrected chi connectivity index (χ2v) is 7.01. The first-order chi connectivity index (χ1) is 10.6. The molecule has 2 aliphatic rings. The third-order valence-corrected chi connectivity index (χ3v) is 5.46. The number of rotatable bonds is 6. The molecule has 0 aromatic carbocycles. The van der Waals surface area contributed by atoms with E-state index < -0.39 is 0 Å². The molecule has 0 aromatic rings. The summed E-state index contributed by atoms with van der Waals surface area (Å²) in [4.78, 5) is 24.1. The van der Waals surface area contributed by atoms with Gasteiger partial charge in [-0.05, 0) is 50.4 Å². The average molecular weight is 310 g/mol. The van der Waals surface area contributed by atoms with Crippen molar-refractivity contribution in [3.8, 4) is 0 Å². The van der Waals surface area contributed by atoms with Crippen molar-refractivity contribution in [3.05, 3.63) is 0 Å². The van der Waals surface area contributed by atoms with Crippen LogP contribution >= 0.6 is 0 Å². The zero-order valence-corrected chi connectivity index (χ0v) is 14.1. The normalized spacial score (nSPS) is 26.8. The molecule has 0 unspecified atom stereocenters. The van der Waals surface area contributed by atoms with Crippen LogP contribution in [0.3, 0.4) is 0 Å². The Kier molecular flexibility index (Phi) is 6.27. The van der Waals surface area contributed by atoms with Crippen LogP contribution in [0.1, 0.15) is 71.6 Å². The largest absolute Gasteiger partial charge is 0.466 e. The van der Waals surface area contributed by atoms with E-state index >= 15 is 0 Å². The SMILES string of the molecule is CCOC(=O)CC1(CC(=O)OCC)CC[C@H]2CCCC[C@@H]2C1. The van der Waals surface area contributed by atoms with Gasteiger partial charge in [-0.25, -0.2) is 0 Å². The zero-order chi connectivity index (χ0) is 16.0. The predicted molar refractivity (Wildman–Crippen MR) is 84.2 cm³/mol. The van der Waals surface area contributed by atoms with Crippen molar-refractivity contribution < 1.29 is 19.1 Å². The summed E-state index contributed by atoms with van der Waals surface area (Å²) in [5.41, 5.74) is -0.239. The lowest BCUT2D eigenvalue weighted by Crippen LogP contribution is -2.39. The fraction of sp³-hybridized carbons (Fsp3) is 0.889. The average Bonchev–Trinajstić information content (AvgIpc) is 2.47. The fourth-order valence-electron chi connectivity index (χ4n) is 4.50. The number of fused-ring (bicyclic) bond motifs is 1. The molecular formula is C18H30O4. The van der Waals surface area contributed by atoms with Gasteiger partial charge in [0.2, 0.25) is 0 Å². The van der Waals surface area contributed by atoms with Crippen molar-refractivity contribution >= 4 is 11.9 Å². The van der Waals surface area contributed by atoms with E-state index in [1.165, 1.54) is 25.7 Å². The van der Waals surface area contributed by atoms with Crippen LogP contribution in [0.4, 0.5) is 0 Å². The van der Waals surface area contributed by atoms with Gasteiger partial charge in [-0.2, -0.15) is 0 Å². The molecule has 2 fully saturated rings. The van der Waals surface area contributed by atoms with Crippen LogP contribution in [0.2, 0.25) is 0 Å². The van der Waals surface area contributed by atoms with Gasteiger partial charge in [0, 0.05) is 0 Å². The molecule has 126 valence electrons. The first-order valence-corrected chi connectivity index (χ1v) is 8.90. The van der Waals surface area contributed by atoms with E-state index in [1.54, 1.807) is 0 Å². The Hall–Kier alpha value is -1.06. The molecule has 2 saturated carbocycles. The molecule has 4 nitrogen and oxygen atoms in total. The number of esters is 2. The van der Waals surface area contributed by atoms with Gasteiger partial charge in [0.1, 0.15) is 0 Å². The standard InChI is InChI=1S/C18H30O4/c1-3-21-16(19)12-18(13-17(20)22-4-2)10-9-14-7-5-6-8-15(14)11-18/h14-15H,3-13H2,1-2H3/t14-,15-/m1/s1. The number of carbonyl (C=O) groups excluding carboxylic acids is 2. The molecule has 2 rings (SSSR count). The Labute approximate surface area is 133 Å². The molecule has 0 aromatic heterocycles. The van der Waals surface area contributed by atoms with Crippen LogP contribution in [0, 0.1) is 17.3 Å². The van der Waals surface area contributed by atoms with Crippen LogP contribution in [0.5, 0.6) is 0 Å². The second kappa shape index (κ2) is 7.98. The Bertz CT molecular complexity index is 371. The lowest BCUT2D eigenvalue weighted by molar-refractivity contribution is -0.152. The molecular weight excluding hydrogens is 280 g/mol. The van der Waals surface area contributed by atoms with Crippen molar-refractivity contribution in [2.75, 3.05) is 13.2 Å². The molecule has 0 amide bonds. The van der Waals surface area contributed by atoms with Gasteiger partial charge < -0.3 is 9.47 Å². The van der Waals surface area contributed by atoms with E-state index in [2.05, 4.69) is 0 Å². The summed E-state index contributed by atoms with van der Waals surface area (Å²) >= 11 is 0. The van der Waals surface area contributed by atoms with Crippen molar-refractivity contribution in [3.63, 3.8) is 0 Å². The summed E-state index contributed by atoms with van der Waals surface area (Å²) in [5, 5.41) is 0. The molecule has 0 saturated heterocycles. The molecule has 2 aliphatic carbocycles. The topological polar surface area (TPSA) is 52.6 Å². The highest BCUT2D eigenvalue weighted by atomic mass is 16.5. The summed E-state index contributed by atoms with van der Waals surface area (Å²) in [6, 6.07) is 0. The summed E-state index contributed by atoms with van der Waals surface area (Å²) in [6.45, 7) is 4.46. The Balaban J connectivity index is 2.07. The molecule has 2 atom stereocenters. The summed E-state index contributed by atoms with van der Waals surface area (Å²) < 4.78 is 10.3. The number of hydrogen-bond donors (Lipinski definition) is 0. The molecule has 22 heavy (non-hydrogen) atoms. The predicted octanol–water partition coefficient (Wildman–Crippen LogP) is 3.87. The number of carbonyl (C=O) groups is 2. The molecule has 0 bridgehead atoms. The Morgan fingerprint density at radius 3 is 2.00 bits per heavy atom. The van der Waals surface area contributed by atoms with Crippen molar-refractivity contribution in [2.45, 2.75) is 71.6 Å². The van der Waals surface area contributed by atoms with Gasteiger partial charge in [-0.3, -0.25) is 9.59 Å². The van der Waals surface area contributed by atoms with Crippen molar-refractivity contribution in [1.82, 2.24) is 0 Å². The highest BCUT2D eigenvalue weighted by molar-refractivity contribution is 5.74. The van der Waals surface area contributed by atoms with E-state index in [-0.39, 0.29) is 17.4 Å². The van der Waals surface area contributed by atoms with Gasteiger partial charge in [-0.1, -0.05) is 25.7 Å². The third kappa shape index (κ3) is 4.47. The van der Waals surface area contributed by atoms with Crippen LogP contribution in [-0.4, -0.2) is 25.2 Å². The van der Waals surface area contributed by atoms with Gasteiger partial charge in [0.25, 0.3) is 0 Å². The van der Waals surface area contributed by atoms with E-state index in [1.807, 2.05) is 13.8 Å². The quantitative estimate of drug-likeness (QED) is 0.699. The minimum absolute atomic E-state index is 0.166. The van der Waals surface area contributed by atoms with Crippen LogP contribution in [0.25, 0.3) is 0 Å². The highest BCUT2D eigenvalue weighted by Gasteiger charge is 2.44. The van der Waals surface area contributed by atoms with Crippen LogP contribution in [0.15, 0.2) is 0 Å². The van der Waals surface area contributed by atoms with E-state index in [9.17, 15) is 9.59 Å². The zero-order valence-electron chi connectivity index (χ0n) is 14.1. The molecule has 0 heterocycles. The monoisotopic (exact) mass is 310 g/mol. The van der Waals surface area contributed by atoms with Crippen LogP contribution in [-0.2, 0) is 19.1 Å². The maximum Gasteiger partial charge on any atom is 0.306 e. The molecule has 4 heteroatoms. The molecule has 0 aliphatic heterocycles. The summed E-state index contributed by atoms with van der Waals surface area (Å²) in [6.07, 6.45) is 8.99. The van der Waals surface area contributed by atoms with Gasteiger partial charge in [-0.15, -0.1) is 0 Å². The van der Waals surface area contributed by atoms with Crippen molar-refractivity contribution in [1.29, 1.82) is 0 Å². The van der Waals surface area contributed by atoms with Gasteiger partial charge in [0.05, 0.1) is 26.1 Å². The summed E-state index contributed by atoms with van der Waals surface area (Å²) in [5.74, 6) is 1.14. The van der Waals surface area contributed by atoms with Crippen molar-refractivity contribution in [2.24, 2.45) is 17.3 Å². The molecule has 0 spiro atoms. The number of hydrogen-bond acceptors (Lipinski definition) is 4. The summed E-state index contributed by atoms with van der Waals surface area (Å²) in [7, 11) is 0. The second-order valence-electron chi connectivity index (χ2n) is 7.01. The lowest BCUT2D eigenvalue weighted by atomic mass is 9.59. The minimum Gasteiger partial charge on any atom is -0.466 e. The minimum atomic E-state index is -0.239. The maximum absolute atomic E-state index is 12.0. The Morgan fingerprint density at radius 2 is 1.45 bits per heavy atom. The third-order valence-electron chi connectivity index (χ3n) is 5.46. The Morgan fingerprint density at radius 1 is 0.909 bits per heavy atom.